The molecule has 1 atom stereocenters. The molecule has 1 N–H and O–H groups in total. The van der Waals surface area contributed by atoms with Crippen LogP contribution in [-0.4, -0.2) is 36.1 Å². The molecule has 1 aromatic heterocycles. The van der Waals surface area contributed by atoms with Crippen LogP contribution in [0.25, 0.3) is 10.9 Å². The number of rotatable bonds is 4. The fourth-order valence-corrected chi connectivity index (χ4v) is 4.56. The number of piperazine rings is 1. The molecule has 1 aliphatic rings. The van der Waals surface area contributed by atoms with Crippen molar-refractivity contribution in [3.63, 3.8) is 0 Å². The Morgan fingerprint density at radius 3 is 2.39 bits per heavy atom. The maximum Gasteiger partial charge on any atom is 0.123 e. The predicted octanol–water partition coefficient (Wildman–Crippen LogP) is 5.09. The molecular formula is C26H23FN4. The van der Waals surface area contributed by atoms with Crippen LogP contribution in [0.5, 0.6) is 0 Å². The van der Waals surface area contributed by atoms with Gasteiger partial charge in [0.15, 0.2) is 0 Å². The molecule has 31 heavy (non-hydrogen) atoms. The number of para-hydroxylation sites is 1. The Morgan fingerprint density at radius 1 is 0.871 bits per heavy atom. The highest BCUT2D eigenvalue weighted by Gasteiger charge is 2.28. The Morgan fingerprint density at radius 2 is 1.61 bits per heavy atom. The van der Waals surface area contributed by atoms with E-state index in [1.807, 2.05) is 30.3 Å². The quantitative estimate of drug-likeness (QED) is 0.510. The van der Waals surface area contributed by atoms with Crippen molar-refractivity contribution < 1.29 is 4.39 Å². The summed E-state index contributed by atoms with van der Waals surface area (Å²) in [5.41, 5.74) is 4.94. The van der Waals surface area contributed by atoms with Crippen molar-refractivity contribution in [2.45, 2.75) is 6.04 Å². The summed E-state index contributed by atoms with van der Waals surface area (Å²) in [4.78, 5) is 8.26. The number of nitrogens with zero attached hydrogens (tertiary/aromatic N) is 3. The molecule has 0 aliphatic carbocycles. The van der Waals surface area contributed by atoms with E-state index in [2.05, 4.69) is 51.2 Å². The molecule has 4 nitrogen and oxygen atoms in total. The summed E-state index contributed by atoms with van der Waals surface area (Å²) in [6, 6.07) is 27.5. The number of anilines is 1. The van der Waals surface area contributed by atoms with Gasteiger partial charge in [-0.1, -0.05) is 42.5 Å². The molecule has 154 valence electrons. The number of hydrogen-bond acceptors (Lipinski definition) is 3. The van der Waals surface area contributed by atoms with Crippen molar-refractivity contribution >= 4 is 16.6 Å². The number of fused-ring (bicyclic) bond motifs is 1. The minimum Gasteiger partial charge on any atom is -0.368 e. The maximum absolute atomic E-state index is 13.7. The monoisotopic (exact) mass is 410 g/mol. The number of H-pyrrole nitrogens is 1. The first-order valence-corrected chi connectivity index (χ1v) is 10.5. The Bertz CT molecular complexity index is 1230. The minimum absolute atomic E-state index is 0.0602. The van der Waals surface area contributed by atoms with Crippen molar-refractivity contribution in [1.82, 2.24) is 9.88 Å². The third kappa shape index (κ3) is 3.78. The summed E-state index contributed by atoms with van der Waals surface area (Å²) in [6.45, 7) is 3.42. The molecule has 0 bridgehead atoms. The van der Waals surface area contributed by atoms with Crippen LogP contribution in [0.3, 0.4) is 0 Å². The summed E-state index contributed by atoms with van der Waals surface area (Å²) >= 11 is 0. The topological polar surface area (TPSA) is 46.1 Å². The number of aromatic nitrogens is 1. The van der Waals surface area contributed by atoms with E-state index < -0.39 is 0 Å². The highest BCUT2D eigenvalue weighted by atomic mass is 19.1. The zero-order chi connectivity index (χ0) is 21.2. The summed E-state index contributed by atoms with van der Waals surface area (Å²) in [6.07, 6.45) is 0. The second-order valence-electron chi connectivity index (χ2n) is 7.92. The van der Waals surface area contributed by atoms with Crippen LogP contribution in [0.15, 0.2) is 78.9 Å². The van der Waals surface area contributed by atoms with Crippen LogP contribution in [0, 0.1) is 17.1 Å². The fraction of sp³-hybridized carbons (Fsp3) is 0.192. The van der Waals surface area contributed by atoms with Crippen LogP contribution >= 0.6 is 0 Å². The summed E-state index contributed by atoms with van der Waals surface area (Å²) in [7, 11) is 0. The first-order valence-electron chi connectivity index (χ1n) is 10.5. The third-order valence-corrected chi connectivity index (χ3v) is 6.06. The van der Waals surface area contributed by atoms with Gasteiger partial charge in [-0.3, -0.25) is 4.90 Å². The van der Waals surface area contributed by atoms with Gasteiger partial charge in [-0.05, 0) is 42.0 Å². The molecular weight excluding hydrogens is 387 g/mol. The van der Waals surface area contributed by atoms with Gasteiger partial charge in [0, 0.05) is 42.8 Å². The maximum atomic E-state index is 13.7. The lowest BCUT2D eigenvalue weighted by molar-refractivity contribution is 0.210. The minimum atomic E-state index is -0.223. The lowest BCUT2D eigenvalue weighted by Crippen LogP contribution is -2.48. The number of halogens is 1. The number of hydrogen-bond donors (Lipinski definition) is 1. The van der Waals surface area contributed by atoms with E-state index in [0.717, 1.165) is 48.5 Å². The molecule has 5 heteroatoms. The first-order chi connectivity index (χ1) is 15.2. The van der Waals surface area contributed by atoms with E-state index >= 15 is 0 Å². The van der Waals surface area contributed by atoms with Crippen molar-refractivity contribution in [2.75, 3.05) is 31.1 Å². The van der Waals surface area contributed by atoms with Crippen LogP contribution in [0.4, 0.5) is 10.1 Å². The molecule has 5 rings (SSSR count). The molecule has 0 radical (unpaired) electrons. The molecule has 1 aliphatic heterocycles. The second-order valence-corrected chi connectivity index (χ2v) is 7.92. The van der Waals surface area contributed by atoms with Gasteiger partial charge in [0.25, 0.3) is 0 Å². The van der Waals surface area contributed by atoms with Gasteiger partial charge in [0.1, 0.15) is 11.9 Å². The Labute approximate surface area is 181 Å². The van der Waals surface area contributed by atoms with E-state index in [4.69, 9.17) is 0 Å². The Kier molecular flexibility index (Phi) is 5.15. The highest BCUT2D eigenvalue weighted by Crippen LogP contribution is 2.32. The smallest absolute Gasteiger partial charge is 0.123 e. The van der Waals surface area contributed by atoms with E-state index in [-0.39, 0.29) is 11.9 Å². The van der Waals surface area contributed by atoms with Gasteiger partial charge in [0.05, 0.1) is 17.3 Å². The molecule has 1 unspecified atom stereocenters. The van der Waals surface area contributed by atoms with Crippen LogP contribution in [-0.2, 0) is 0 Å². The van der Waals surface area contributed by atoms with Crippen LogP contribution < -0.4 is 4.90 Å². The zero-order valence-electron chi connectivity index (χ0n) is 17.1. The van der Waals surface area contributed by atoms with E-state index in [0.29, 0.717) is 5.56 Å². The van der Waals surface area contributed by atoms with Gasteiger partial charge in [-0.15, -0.1) is 0 Å². The van der Waals surface area contributed by atoms with Crippen molar-refractivity contribution in [2.24, 2.45) is 0 Å². The van der Waals surface area contributed by atoms with Crippen molar-refractivity contribution in [3.8, 4) is 6.07 Å². The SMILES string of the molecule is N#Cc1ccccc1N1CCN(C(c2ccccc2)c2cc3cc(F)ccc3[nH]2)CC1. The van der Waals surface area contributed by atoms with Crippen molar-refractivity contribution in [1.29, 1.82) is 5.26 Å². The van der Waals surface area contributed by atoms with E-state index in [1.54, 1.807) is 12.1 Å². The van der Waals surface area contributed by atoms with Gasteiger partial charge in [-0.25, -0.2) is 4.39 Å². The number of nitriles is 1. The Balaban J connectivity index is 1.45. The van der Waals surface area contributed by atoms with Crippen LogP contribution in [0.1, 0.15) is 22.9 Å². The Hall–Kier alpha value is -3.62. The zero-order valence-corrected chi connectivity index (χ0v) is 17.1. The second kappa shape index (κ2) is 8.25. The predicted molar refractivity (Wildman–Crippen MR) is 121 cm³/mol. The van der Waals surface area contributed by atoms with Gasteiger partial charge in [0.2, 0.25) is 0 Å². The number of nitrogens with one attached hydrogen (secondary N) is 1. The number of benzene rings is 3. The lowest BCUT2D eigenvalue weighted by Gasteiger charge is -2.40. The van der Waals surface area contributed by atoms with Crippen molar-refractivity contribution in [3.05, 3.63) is 102 Å². The summed E-state index contributed by atoms with van der Waals surface area (Å²) in [5.74, 6) is -0.223. The van der Waals surface area contributed by atoms with Gasteiger partial charge >= 0.3 is 0 Å². The average molecular weight is 410 g/mol. The molecule has 1 fully saturated rings. The average Bonchev–Trinajstić information content (AvgIpc) is 3.23. The first kappa shape index (κ1) is 19.3. The van der Waals surface area contributed by atoms with Gasteiger partial charge in [-0.2, -0.15) is 5.26 Å². The molecule has 0 amide bonds. The summed E-state index contributed by atoms with van der Waals surface area (Å²) in [5, 5.41) is 10.3. The van der Waals surface area contributed by atoms with E-state index in [1.165, 1.54) is 11.6 Å². The molecule has 4 aromatic rings. The van der Waals surface area contributed by atoms with E-state index in [9.17, 15) is 9.65 Å². The fourth-order valence-electron chi connectivity index (χ4n) is 4.56. The third-order valence-electron chi connectivity index (χ3n) is 6.06. The van der Waals surface area contributed by atoms with Gasteiger partial charge < -0.3 is 9.88 Å². The molecule has 3 aromatic carbocycles. The lowest BCUT2D eigenvalue weighted by atomic mass is 10.0. The molecule has 0 spiro atoms. The van der Waals surface area contributed by atoms with Crippen LogP contribution in [0.2, 0.25) is 0 Å². The largest absolute Gasteiger partial charge is 0.368 e. The summed E-state index contributed by atoms with van der Waals surface area (Å²) < 4.78 is 13.7. The highest BCUT2D eigenvalue weighted by molar-refractivity contribution is 5.80. The molecule has 2 heterocycles. The standard InChI is InChI=1S/C26H23FN4/c27-22-10-11-23-21(16-22)17-24(29-23)26(19-6-2-1-3-7-19)31-14-12-30(13-15-31)25-9-5-4-8-20(25)18-28/h1-11,16-17,26,29H,12-15H2. The number of aromatic amines is 1. The molecule has 0 saturated carbocycles. The molecule has 1 saturated heterocycles. The normalized spacial score (nSPS) is 15.7.